The van der Waals surface area contributed by atoms with Crippen LogP contribution in [0, 0.1) is 6.92 Å². The molecule has 2 aromatic rings. The first-order valence-corrected chi connectivity index (χ1v) is 11.9. The standard InChI is InChI=1S/C25H30Cl3NO3/c1-4-20-16-23(30-14-12-24(27)28)15-18(2)25(20)31-17-22(26)11-8-13-32-29-19(3)21-9-6-5-7-10-21/h5-7,9-10,12,15-16,22H,4,8,11,13-14,17H2,1-3H3. The van der Waals surface area contributed by atoms with Crippen LogP contribution in [0.25, 0.3) is 0 Å². The van der Waals surface area contributed by atoms with Crippen LogP contribution in [0.1, 0.15) is 43.4 Å². The Morgan fingerprint density at radius 1 is 1.12 bits per heavy atom. The summed E-state index contributed by atoms with van der Waals surface area (Å²) in [4.78, 5) is 5.43. The number of aryl methyl sites for hydroxylation is 2. The SMILES string of the molecule is CCc1cc(OCC=C(Cl)Cl)cc(C)c1OCC(Cl)CCCON=C(C)c1ccccc1. The van der Waals surface area contributed by atoms with Crippen molar-refractivity contribution in [3.63, 3.8) is 0 Å². The van der Waals surface area contributed by atoms with Crippen molar-refractivity contribution in [3.05, 3.63) is 69.7 Å². The summed E-state index contributed by atoms with van der Waals surface area (Å²) in [6.45, 7) is 7.25. The number of rotatable bonds is 13. The second-order valence-electron chi connectivity index (χ2n) is 7.31. The van der Waals surface area contributed by atoms with Crippen LogP contribution in [-0.4, -0.2) is 30.9 Å². The lowest BCUT2D eigenvalue weighted by atomic mass is 10.1. The van der Waals surface area contributed by atoms with Crippen LogP contribution in [0.5, 0.6) is 11.5 Å². The Morgan fingerprint density at radius 2 is 1.88 bits per heavy atom. The summed E-state index contributed by atoms with van der Waals surface area (Å²) in [5, 5.41) is 4.05. The van der Waals surface area contributed by atoms with Crippen molar-refractivity contribution in [1.29, 1.82) is 0 Å². The van der Waals surface area contributed by atoms with Gasteiger partial charge in [0.05, 0.1) is 11.1 Å². The highest BCUT2D eigenvalue weighted by molar-refractivity contribution is 6.55. The number of hydrogen-bond acceptors (Lipinski definition) is 4. The molecule has 0 bridgehead atoms. The number of benzene rings is 2. The molecule has 7 heteroatoms. The predicted molar refractivity (Wildman–Crippen MR) is 135 cm³/mol. The molecule has 0 N–H and O–H groups in total. The summed E-state index contributed by atoms with van der Waals surface area (Å²) in [7, 11) is 0. The Kier molecular flexibility index (Phi) is 11.8. The number of hydrogen-bond donors (Lipinski definition) is 0. The molecule has 32 heavy (non-hydrogen) atoms. The third-order valence-corrected chi connectivity index (χ3v) is 5.40. The van der Waals surface area contributed by atoms with Crippen molar-refractivity contribution < 1.29 is 14.3 Å². The molecule has 0 aliphatic heterocycles. The monoisotopic (exact) mass is 497 g/mol. The van der Waals surface area contributed by atoms with E-state index in [0.29, 0.717) is 19.8 Å². The Morgan fingerprint density at radius 3 is 2.56 bits per heavy atom. The summed E-state index contributed by atoms with van der Waals surface area (Å²) in [5.74, 6) is 1.61. The van der Waals surface area contributed by atoms with Gasteiger partial charge in [0, 0.05) is 0 Å². The molecule has 2 aromatic carbocycles. The zero-order valence-corrected chi connectivity index (χ0v) is 21.0. The number of halogens is 3. The second kappa shape index (κ2) is 14.3. The molecule has 2 rings (SSSR count). The van der Waals surface area contributed by atoms with E-state index in [9.17, 15) is 0 Å². The average Bonchev–Trinajstić information content (AvgIpc) is 2.78. The van der Waals surface area contributed by atoms with Crippen molar-refractivity contribution in [2.75, 3.05) is 19.8 Å². The van der Waals surface area contributed by atoms with Crippen molar-refractivity contribution in [1.82, 2.24) is 0 Å². The topological polar surface area (TPSA) is 40.0 Å². The Balaban J connectivity index is 1.78. The largest absolute Gasteiger partial charge is 0.491 e. The minimum Gasteiger partial charge on any atom is -0.491 e. The van der Waals surface area contributed by atoms with Gasteiger partial charge in [0.25, 0.3) is 0 Å². The number of nitrogens with zero attached hydrogens (tertiary/aromatic N) is 1. The van der Waals surface area contributed by atoms with Crippen LogP contribution in [0.15, 0.2) is 58.2 Å². The molecular formula is C25H30Cl3NO3. The normalized spacial score (nSPS) is 12.2. The van der Waals surface area contributed by atoms with Crippen LogP contribution < -0.4 is 9.47 Å². The lowest BCUT2D eigenvalue weighted by Gasteiger charge is -2.17. The highest BCUT2D eigenvalue weighted by Gasteiger charge is 2.12. The smallest absolute Gasteiger partial charge is 0.125 e. The maximum atomic E-state index is 6.47. The molecule has 0 aliphatic rings. The zero-order chi connectivity index (χ0) is 23.3. The second-order valence-corrected chi connectivity index (χ2v) is 8.94. The van der Waals surface area contributed by atoms with Gasteiger partial charge in [0.1, 0.15) is 35.8 Å². The van der Waals surface area contributed by atoms with Crippen LogP contribution in [0.3, 0.4) is 0 Å². The fraction of sp³-hybridized carbons (Fsp3) is 0.400. The summed E-state index contributed by atoms with van der Waals surface area (Å²) >= 11 is 17.7. The lowest BCUT2D eigenvalue weighted by molar-refractivity contribution is 0.138. The average molecular weight is 499 g/mol. The maximum absolute atomic E-state index is 6.47. The van der Waals surface area contributed by atoms with Gasteiger partial charge >= 0.3 is 0 Å². The van der Waals surface area contributed by atoms with Gasteiger partial charge in [-0.15, -0.1) is 11.6 Å². The summed E-state index contributed by atoms with van der Waals surface area (Å²) in [6.07, 6.45) is 3.99. The van der Waals surface area contributed by atoms with Crippen molar-refractivity contribution in [2.24, 2.45) is 5.16 Å². The first-order chi connectivity index (χ1) is 15.4. The van der Waals surface area contributed by atoms with E-state index < -0.39 is 0 Å². The molecule has 0 radical (unpaired) electrons. The quantitative estimate of drug-likeness (QED) is 0.124. The summed E-state index contributed by atoms with van der Waals surface area (Å²) < 4.78 is 11.9. The van der Waals surface area contributed by atoms with Crippen molar-refractivity contribution in [3.8, 4) is 11.5 Å². The fourth-order valence-corrected chi connectivity index (χ4v) is 3.41. The molecule has 0 saturated carbocycles. The predicted octanol–water partition coefficient (Wildman–Crippen LogP) is 7.46. The van der Waals surface area contributed by atoms with Crippen LogP contribution >= 0.6 is 34.8 Å². The number of ether oxygens (including phenoxy) is 2. The van der Waals surface area contributed by atoms with Gasteiger partial charge in [0.15, 0.2) is 0 Å². The Labute approximate surface area is 206 Å². The van der Waals surface area contributed by atoms with Gasteiger partial charge in [0.2, 0.25) is 0 Å². The molecule has 4 nitrogen and oxygen atoms in total. The number of alkyl halides is 1. The third kappa shape index (κ3) is 9.32. The van der Waals surface area contributed by atoms with E-state index >= 15 is 0 Å². The molecule has 0 fully saturated rings. The zero-order valence-electron chi connectivity index (χ0n) is 18.7. The highest BCUT2D eigenvalue weighted by atomic mass is 35.5. The van der Waals surface area contributed by atoms with Crippen molar-refractivity contribution >= 4 is 40.5 Å². The van der Waals surface area contributed by atoms with E-state index in [2.05, 4.69) is 12.1 Å². The molecule has 0 heterocycles. The third-order valence-electron chi connectivity index (χ3n) is 4.75. The first kappa shape index (κ1) is 26.4. The molecule has 0 saturated heterocycles. The molecule has 0 spiro atoms. The van der Waals surface area contributed by atoms with Gasteiger partial charge in [-0.25, -0.2) is 0 Å². The van der Waals surface area contributed by atoms with E-state index in [4.69, 9.17) is 49.1 Å². The minimum absolute atomic E-state index is 0.117. The van der Waals surface area contributed by atoms with Gasteiger partial charge in [-0.1, -0.05) is 65.6 Å². The number of oxime groups is 1. The molecule has 0 aromatic heterocycles. The van der Waals surface area contributed by atoms with Crippen LogP contribution in [-0.2, 0) is 11.3 Å². The molecule has 0 amide bonds. The summed E-state index contributed by atoms with van der Waals surface area (Å²) in [5.41, 5.74) is 3.97. The van der Waals surface area contributed by atoms with E-state index in [1.165, 1.54) is 0 Å². The molecule has 1 unspecified atom stereocenters. The molecule has 0 aliphatic carbocycles. The minimum atomic E-state index is -0.117. The summed E-state index contributed by atoms with van der Waals surface area (Å²) in [6, 6.07) is 13.9. The Hall–Kier alpha value is -1.88. The van der Waals surface area contributed by atoms with E-state index in [1.54, 1.807) is 6.08 Å². The van der Waals surface area contributed by atoms with E-state index in [1.807, 2.05) is 56.3 Å². The maximum Gasteiger partial charge on any atom is 0.125 e. The fourth-order valence-electron chi connectivity index (χ4n) is 3.07. The highest BCUT2D eigenvalue weighted by Crippen LogP contribution is 2.30. The first-order valence-electron chi connectivity index (χ1n) is 10.7. The molecule has 174 valence electrons. The van der Waals surface area contributed by atoms with Crippen LogP contribution in [0.2, 0.25) is 0 Å². The van der Waals surface area contributed by atoms with Gasteiger partial charge in [-0.05, 0) is 68.0 Å². The van der Waals surface area contributed by atoms with E-state index in [-0.39, 0.29) is 9.87 Å². The molecular weight excluding hydrogens is 469 g/mol. The van der Waals surface area contributed by atoms with Crippen LogP contribution in [0.4, 0.5) is 0 Å². The van der Waals surface area contributed by atoms with Gasteiger partial charge in [-0.2, -0.15) is 0 Å². The van der Waals surface area contributed by atoms with Gasteiger partial charge < -0.3 is 14.3 Å². The van der Waals surface area contributed by atoms with Crippen molar-refractivity contribution in [2.45, 2.75) is 45.4 Å². The van der Waals surface area contributed by atoms with Gasteiger partial charge in [-0.3, -0.25) is 0 Å². The Bertz CT molecular complexity index is 897. The van der Waals surface area contributed by atoms with E-state index in [0.717, 1.165) is 53.2 Å². The lowest BCUT2D eigenvalue weighted by Crippen LogP contribution is -2.14. The molecule has 1 atom stereocenters.